The number of hydrogen-bond donors (Lipinski definition) is 2. The molecule has 9 heteroatoms. The number of rotatable bonds is 11. The summed E-state index contributed by atoms with van der Waals surface area (Å²) in [6.07, 6.45) is 0. The second-order valence-corrected chi connectivity index (χ2v) is 11.2. The highest BCUT2D eigenvalue weighted by Gasteiger charge is 2.18. The van der Waals surface area contributed by atoms with Crippen molar-refractivity contribution < 1.29 is 13.2 Å². The minimum atomic E-state index is -3.74. The zero-order chi connectivity index (χ0) is 25.7. The molecule has 0 saturated heterocycles. The van der Waals surface area contributed by atoms with Crippen molar-refractivity contribution in [3.8, 4) is 5.75 Å². The summed E-state index contributed by atoms with van der Waals surface area (Å²) in [5, 5.41) is 4.70. The van der Waals surface area contributed by atoms with Gasteiger partial charge in [0.05, 0.1) is 17.4 Å². The molecular formula is C27H31N3O4S2. The van der Waals surface area contributed by atoms with Crippen molar-refractivity contribution in [1.29, 1.82) is 0 Å². The maximum Gasteiger partial charge on any atom is 0.240 e. The zero-order valence-corrected chi connectivity index (χ0v) is 22.3. The second-order valence-electron chi connectivity index (χ2n) is 8.36. The standard InChI is InChI=1S/C27H31N3O4S2/c1-4-30(5-2)17-16-28-23-15-10-19(18-29-36(32,33)21-13-11-20(34-3)12-14-21)27-25(23)26(31)22-8-6-7-9-24(22)35-27/h6-15,28-29H,4-5,16-18H2,1-3H3. The molecule has 0 amide bonds. The van der Waals surface area contributed by atoms with E-state index in [1.54, 1.807) is 12.1 Å². The molecule has 4 rings (SSSR count). The van der Waals surface area contributed by atoms with Crippen molar-refractivity contribution in [3.05, 3.63) is 76.5 Å². The molecule has 190 valence electrons. The Kier molecular flexibility index (Phi) is 8.25. The van der Waals surface area contributed by atoms with Crippen molar-refractivity contribution in [2.75, 3.05) is 38.6 Å². The molecule has 0 spiro atoms. The molecule has 7 nitrogen and oxygen atoms in total. The normalized spacial score (nSPS) is 11.9. The van der Waals surface area contributed by atoms with Crippen LogP contribution in [0.3, 0.4) is 0 Å². The average molecular weight is 526 g/mol. The van der Waals surface area contributed by atoms with Gasteiger partial charge in [0.25, 0.3) is 0 Å². The van der Waals surface area contributed by atoms with Crippen LogP contribution in [0.15, 0.2) is 70.4 Å². The monoisotopic (exact) mass is 525 g/mol. The summed E-state index contributed by atoms with van der Waals surface area (Å²) in [5.41, 5.74) is 1.47. The van der Waals surface area contributed by atoms with Crippen LogP contribution >= 0.6 is 11.3 Å². The van der Waals surface area contributed by atoms with Crippen LogP contribution < -0.4 is 20.2 Å². The van der Waals surface area contributed by atoms with Gasteiger partial charge in [0.1, 0.15) is 5.75 Å². The highest BCUT2D eigenvalue weighted by atomic mass is 32.2. The van der Waals surface area contributed by atoms with E-state index in [4.69, 9.17) is 4.74 Å². The Balaban J connectivity index is 1.69. The Morgan fingerprint density at radius 1 is 0.972 bits per heavy atom. The van der Waals surface area contributed by atoms with E-state index >= 15 is 0 Å². The van der Waals surface area contributed by atoms with E-state index in [-0.39, 0.29) is 16.9 Å². The number of likely N-dealkylation sites (N-methyl/N-ethyl adjacent to an activating group) is 1. The quantitative estimate of drug-likeness (QED) is 0.277. The fraction of sp³-hybridized carbons (Fsp3) is 0.296. The fourth-order valence-electron chi connectivity index (χ4n) is 4.14. The van der Waals surface area contributed by atoms with Gasteiger partial charge in [0.2, 0.25) is 10.0 Å². The Morgan fingerprint density at radius 3 is 2.39 bits per heavy atom. The van der Waals surface area contributed by atoms with Gasteiger partial charge in [-0.3, -0.25) is 4.79 Å². The summed E-state index contributed by atoms with van der Waals surface area (Å²) < 4.78 is 35.3. The van der Waals surface area contributed by atoms with Crippen LogP contribution in [0.2, 0.25) is 0 Å². The number of nitrogens with zero attached hydrogens (tertiary/aromatic N) is 1. The van der Waals surface area contributed by atoms with Crippen LogP contribution in [0.5, 0.6) is 5.75 Å². The Hall–Kier alpha value is -2.98. The summed E-state index contributed by atoms with van der Waals surface area (Å²) >= 11 is 1.50. The molecule has 0 aliphatic carbocycles. The third kappa shape index (κ3) is 5.54. The van der Waals surface area contributed by atoms with Crippen LogP contribution in [-0.2, 0) is 16.6 Å². The highest BCUT2D eigenvalue weighted by Crippen LogP contribution is 2.32. The largest absolute Gasteiger partial charge is 0.497 e. The topological polar surface area (TPSA) is 87.7 Å². The van der Waals surface area contributed by atoms with Crippen molar-refractivity contribution >= 4 is 47.2 Å². The van der Waals surface area contributed by atoms with Gasteiger partial charge in [0, 0.05) is 40.1 Å². The number of hydrogen-bond acceptors (Lipinski definition) is 7. The number of anilines is 1. The number of methoxy groups -OCH3 is 1. The van der Waals surface area contributed by atoms with Gasteiger partial charge in [-0.05, 0) is 61.1 Å². The van der Waals surface area contributed by atoms with Gasteiger partial charge in [-0.25, -0.2) is 13.1 Å². The molecule has 3 aromatic carbocycles. The molecule has 36 heavy (non-hydrogen) atoms. The summed E-state index contributed by atoms with van der Waals surface area (Å²) in [6.45, 7) is 7.82. The zero-order valence-electron chi connectivity index (χ0n) is 20.7. The Morgan fingerprint density at radius 2 is 1.69 bits per heavy atom. The number of fused-ring (bicyclic) bond motifs is 2. The lowest BCUT2D eigenvalue weighted by Gasteiger charge is -2.19. The summed E-state index contributed by atoms with van der Waals surface area (Å²) in [4.78, 5) is 16.0. The van der Waals surface area contributed by atoms with Crippen molar-refractivity contribution in [1.82, 2.24) is 9.62 Å². The van der Waals surface area contributed by atoms with Crippen LogP contribution in [0.1, 0.15) is 19.4 Å². The Labute approximate surface area is 215 Å². The molecule has 0 saturated carbocycles. The predicted octanol–water partition coefficient (Wildman–Crippen LogP) is 4.66. The molecule has 1 heterocycles. The lowest BCUT2D eigenvalue weighted by molar-refractivity contribution is 0.316. The lowest BCUT2D eigenvalue weighted by Crippen LogP contribution is -2.28. The summed E-state index contributed by atoms with van der Waals surface area (Å²) in [7, 11) is -2.21. The minimum Gasteiger partial charge on any atom is -0.497 e. The van der Waals surface area contributed by atoms with Crippen molar-refractivity contribution in [3.63, 3.8) is 0 Å². The first kappa shape index (κ1) is 26.1. The molecule has 0 fully saturated rings. The van der Waals surface area contributed by atoms with Crippen molar-refractivity contribution in [2.45, 2.75) is 25.3 Å². The van der Waals surface area contributed by atoms with Gasteiger partial charge in [-0.2, -0.15) is 0 Å². The van der Waals surface area contributed by atoms with Gasteiger partial charge >= 0.3 is 0 Å². The molecule has 2 N–H and O–H groups in total. The maximum absolute atomic E-state index is 13.6. The number of sulfonamides is 1. The highest BCUT2D eigenvalue weighted by molar-refractivity contribution is 7.89. The first-order valence-corrected chi connectivity index (χ1v) is 14.2. The van der Waals surface area contributed by atoms with E-state index in [9.17, 15) is 13.2 Å². The SMILES string of the molecule is CCN(CC)CCNc1ccc(CNS(=O)(=O)c2ccc(OC)cc2)c2sc3ccccc3c(=O)c12. The van der Waals surface area contributed by atoms with Gasteiger partial charge in [-0.15, -0.1) is 11.3 Å². The van der Waals surface area contributed by atoms with E-state index in [2.05, 4.69) is 28.8 Å². The van der Waals surface area contributed by atoms with Crippen LogP contribution in [0.25, 0.3) is 20.2 Å². The van der Waals surface area contributed by atoms with Crippen LogP contribution in [0, 0.1) is 0 Å². The summed E-state index contributed by atoms with van der Waals surface area (Å²) in [6, 6.07) is 17.5. The lowest BCUT2D eigenvalue weighted by atomic mass is 10.1. The van der Waals surface area contributed by atoms with E-state index < -0.39 is 10.0 Å². The molecule has 0 bridgehead atoms. The second kappa shape index (κ2) is 11.4. The van der Waals surface area contributed by atoms with E-state index in [1.807, 2.05) is 36.4 Å². The molecule has 1 aromatic heterocycles. The third-order valence-corrected chi connectivity index (χ3v) is 8.93. The minimum absolute atomic E-state index is 0.0513. The molecule has 0 unspecified atom stereocenters. The van der Waals surface area contributed by atoms with E-state index in [0.29, 0.717) is 23.1 Å². The maximum atomic E-state index is 13.6. The smallest absolute Gasteiger partial charge is 0.240 e. The number of nitrogens with one attached hydrogen (secondary N) is 2. The number of ether oxygens (including phenoxy) is 1. The third-order valence-electron chi connectivity index (χ3n) is 6.27. The van der Waals surface area contributed by atoms with E-state index in [1.165, 1.54) is 30.6 Å². The van der Waals surface area contributed by atoms with Crippen LogP contribution in [0.4, 0.5) is 5.69 Å². The molecule has 4 aromatic rings. The molecule has 0 radical (unpaired) electrons. The fourth-order valence-corrected chi connectivity index (χ4v) is 6.36. The Bertz CT molecular complexity index is 1510. The van der Waals surface area contributed by atoms with E-state index in [0.717, 1.165) is 40.3 Å². The van der Waals surface area contributed by atoms with Crippen molar-refractivity contribution in [2.24, 2.45) is 0 Å². The summed E-state index contributed by atoms with van der Waals surface area (Å²) in [5.74, 6) is 0.584. The predicted molar refractivity (Wildman–Crippen MR) is 149 cm³/mol. The molecule has 0 aliphatic rings. The average Bonchev–Trinajstić information content (AvgIpc) is 2.90. The molecule has 0 aliphatic heterocycles. The van der Waals surface area contributed by atoms with Crippen LogP contribution in [-0.4, -0.2) is 46.6 Å². The number of benzene rings is 3. The first-order valence-electron chi connectivity index (χ1n) is 11.9. The first-order chi connectivity index (χ1) is 17.4. The van der Waals surface area contributed by atoms with Gasteiger partial charge in [0.15, 0.2) is 5.43 Å². The van der Waals surface area contributed by atoms with Gasteiger partial charge < -0.3 is 15.0 Å². The molecular weight excluding hydrogens is 494 g/mol. The van der Waals surface area contributed by atoms with Gasteiger partial charge in [-0.1, -0.05) is 32.0 Å². The molecule has 0 atom stereocenters.